The van der Waals surface area contributed by atoms with Gasteiger partial charge in [-0.25, -0.2) is 9.18 Å². The van der Waals surface area contributed by atoms with Gasteiger partial charge in [0.25, 0.3) is 0 Å². The lowest BCUT2D eigenvalue weighted by atomic mass is 10.1. The fraction of sp³-hybridized carbons (Fsp3) is 0.222. The Morgan fingerprint density at radius 2 is 2.12 bits per heavy atom. The largest absolute Gasteiger partial charge is 0.462 e. The number of nitrogens with zero attached hydrogens (tertiary/aromatic N) is 1. The van der Waals surface area contributed by atoms with Crippen molar-refractivity contribution in [2.45, 2.75) is 6.92 Å². The van der Waals surface area contributed by atoms with E-state index in [4.69, 9.17) is 0 Å². The maximum atomic E-state index is 13.1. The molecule has 0 saturated heterocycles. The Balaban J connectivity index is 3.34. The van der Waals surface area contributed by atoms with Crippen LogP contribution in [0.4, 0.5) is 14.5 Å². The van der Waals surface area contributed by atoms with Crippen molar-refractivity contribution < 1.29 is 23.2 Å². The van der Waals surface area contributed by atoms with Crippen molar-refractivity contribution in [1.82, 2.24) is 0 Å². The highest BCUT2D eigenvalue weighted by atomic mass is 19.2. The number of nitro groups is 1. The van der Waals surface area contributed by atoms with Gasteiger partial charge in [-0.2, -0.15) is 4.39 Å². The van der Waals surface area contributed by atoms with Gasteiger partial charge < -0.3 is 4.74 Å². The van der Waals surface area contributed by atoms with E-state index in [1.165, 1.54) is 6.92 Å². The summed E-state index contributed by atoms with van der Waals surface area (Å²) in [6.45, 7) is 1.47. The lowest BCUT2D eigenvalue weighted by Crippen LogP contribution is -2.10. The molecule has 0 radical (unpaired) electrons. The highest BCUT2D eigenvalue weighted by Crippen LogP contribution is 2.25. The molecule has 0 unspecified atom stereocenters. The number of nitro benzene ring substituents is 1. The third kappa shape index (κ3) is 2.13. The summed E-state index contributed by atoms with van der Waals surface area (Å²) in [7, 11) is 0. The minimum absolute atomic E-state index is 0.0189. The minimum atomic E-state index is -1.67. The van der Waals surface area contributed by atoms with Crippen LogP contribution in [-0.2, 0) is 4.74 Å². The summed E-state index contributed by atoms with van der Waals surface area (Å²) in [5.41, 5.74) is -1.82. The van der Waals surface area contributed by atoms with Crippen LogP contribution in [0, 0.1) is 21.7 Å². The first-order valence-electron chi connectivity index (χ1n) is 4.28. The molecule has 1 aromatic carbocycles. The Morgan fingerprint density at radius 1 is 1.50 bits per heavy atom. The summed E-state index contributed by atoms with van der Waals surface area (Å²) in [4.78, 5) is 20.6. The molecule has 0 aliphatic heterocycles. The number of benzene rings is 1. The standard InChI is InChI=1S/C9H7F2NO4/c1-2-16-9(13)5-3-4-6(10)7(11)8(5)12(14)15/h3-4H,2H2,1H3. The van der Waals surface area contributed by atoms with Crippen molar-refractivity contribution in [3.8, 4) is 0 Å². The summed E-state index contributed by atoms with van der Waals surface area (Å²) in [5, 5.41) is 10.5. The van der Waals surface area contributed by atoms with E-state index in [1.54, 1.807) is 0 Å². The number of carbonyl (C=O) groups is 1. The van der Waals surface area contributed by atoms with Crippen LogP contribution in [0.25, 0.3) is 0 Å². The van der Waals surface area contributed by atoms with Crippen molar-refractivity contribution in [3.63, 3.8) is 0 Å². The first-order chi connectivity index (χ1) is 7.49. The number of ether oxygens (including phenoxy) is 1. The van der Waals surface area contributed by atoms with Crippen molar-refractivity contribution >= 4 is 11.7 Å². The van der Waals surface area contributed by atoms with Gasteiger partial charge in [-0.3, -0.25) is 10.1 Å². The van der Waals surface area contributed by atoms with Gasteiger partial charge >= 0.3 is 11.7 Å². The van der Waals surface area contributed by atoms with Gasteiger partial charge in [-0.15, -0.1) is 0 Å². The van der Waals surface area contributed by atoms with Crippen LogP contribution >= 0.6 is 0 Å². The molecule has 0 atom stereocenters. The van der Waals surface area contributed by atoms with Crippen molar-refractivity contribution in [3.05, 3.63) is 39.4 Å². The molecule has 86 valence electrons. The average Bonchev–Trinajstić information content (AvgIpc) is 2.21. The van der Waals surface area contributed by atoms with E-state index in [1.807, 2.05) is 0 Å². The van der Waals surface area contributed by atoms with Gasteiger partial charge in [-0.1, -0.05) is 0 Å². The van der Waals surface area contributed by atoms with Gasteiger partial charge in [0, 0.05) is 0 Å². The van der Waals surface area contributed by atoms with E-state index in [9.17, 15) is 23.7 Å². The lowest BCUT2D eigenvalue weighted by Gasteiger charge is -2.03. The number of carbonyl (C=O) groups excluding carboxylic acids is 1. The van der Waals surface area contributed by atoms with E-state index in [0.717, 1.165) is 6.07 Å². The second-order valence-electron chi connectivity index (χ2n) is 2.74. The van der Waals surface area contributed by atoms with E-state index in [0.29, 0.717) is 6.07 Å². The average molecular weight is 231 g/mol. The Kier molecular flexibility index (Phi) is 3.49. The Labute approximate surface area is 88.8 Å². The van der Waals surface area contributed by atoms with Gasteiger partial charge in [-0.05, 0) is 19.1 Å². The van der Waals surface area contributed by atoms with Crippen LogP contribution in [0.3, 0.4) is 0 Å². The van der Waals surface area contributed by atoms with E-state index >= 15 is 0 Å². The summed E-state index contributed by atoms with van der Waals surface area (Å²) in [6.07, 6.45) is 0. The highest BCUT2D eigenvalue weighted by molar-refractivity contribution is 5.94. The Morgan fingerprint density at radius 3 is 2.62 bits per heavy atom. The number of halogens is 2. The number of hydrogen-bond acceptors (Lipinski definition) is 4. The predicted molar refractivity (Wildman–Crippen MR) is 49.0 cm³/mol. The highest BCUT2D eigenvalue weighted by Gasteiger charge is 2.28. The molecule has 0 aromatic heterocycles. The van der Waals surface area contributed by atoms with Crippen LogP contribution in [0.2, 0.25) is 0 Å². The molecule has 16 heavy (non-hydrogen) atoms. The molecule has 0 spiro atoms. The molecule has 7 heteroatoms. The Bertz CT molecular complexity index is 447. The molecule has 0 aliphatic rings. The third-order valence-electron chi connectivity index (χ3n) is 1.75. The molecular weight excluding hydrogens is 224 g/mol. The van der Waals surface area contributed by atoms with Crippen molar-refractivity contribution in [1.29, 1.82) is 0 Å². The molecule has 0 heterocycles. The normalized spacial score (nSPS) is 9.94. The van der Waals surface area contributed by atoms with E-state index in [-0.39, 0.29) is 6.61 Å². The predicted octanol–water partition coefficient (Wildman–Crippen LogP) is 2.05. The Hall–Kier alpha value is -2.05. The van der Waals surface area contributed by atoms with Crippen LogP contribution in [0.1, 0.15) is 17.3 Å². The van der Waals surface area contributed by atoms with Crippen LogP contribution in [-0.4, -0.2) is 17.5 Å². The molecule has 0 amide bonds. The SMILES string of the molecule is CCOC(=O)c1ccc(F)c(F)c1[N+](=O)[O-]. The van der Waals surface area contributed by atoms with Crippen LogP contribution in [0.5, 0.6) is 0 Å². The van der Waals surface area contributed by atoms with Gasteiger partial charge in [0.1, 0.15) is 5.56 Å². The maximum absolute atomic E-state index is 13.1. The minimum Gasteiger partial charge on any atom is -0.462 e. The van der Waals surface area contributed by atoms with Crippen molar-refractivity contribution in [2.75, 3.05) is 6.61 Å². The van der Waals surface area contributed by atoms with Crippen molar-refractivity contribution in [2.24, 2.45) is 0 Å². The summed E-state index contributed by atoms with van der Waals surface area (Å²) in [6, 6.07) is 1.45. The molecule has 1 rings (SSSR count). The smallest absolute Gasteiger partial charge is 0.345 e. The number of esters is 1. The maximum Gasteiger partial charge on any atom is 0.345 e. The zero-order valence-corrected chi connectivity index (χ0v) is 8.20. The molecule has 0 bridgehead atoms. The number of rotatable bonds is 3. The van der Waals surface area contributed by atoms with E-state index in [2.05, 4.69) is 4.74 Å². The summed E-state index contributed by atoms with van der Waals surface area (Å²) < 4.78 is 30.3. The van der Waals surface area contributed by atoms with Crippen LogP contribution in [0.15, 0.2) is 12.1 Å². The molecule has 0 N–H and O–H groups in total. The molecule has 0 aliphatic carbocycles. The molecular formula is C9H7F2NO4. The first kappa shape index (κ1) is 12.0. The molecule has 5 nitrogen and oxygen atoms in total. The van der Waals surface area contributed by atoms with Gasteiger partial charge in [0.2, 0.25) is 5.82 Å². The zero-order chi connectivity index (χ0) is 12.3. The van der Waals surface area contributed by atoms with Gasteiger partial charge in [0.05, 0.1) is 11.5 Å². The monoisotopic (exact) mass is 231 g/mol. The van der Waals surface area contributed by atoms with Gasteiger partial charge in [0.15, 0.2) is 5.82 Å². The first-order valence-corrected chi connectivity index (χ1v) is 4.28. The lowest BCUT2D eigenvalue weighted by molar-refractivity contribution is -0.388. The summed E-state index contributed by atoms with van der Waals surface area (Å²) >= 11 is 0. The third-order valence-corrected chi connectivity index (χ3v) is 1.75. The van der Waals surface area contributed by atoms with Crippen LogP contribution < -0.4 is 0 Å². The second kappa shape index (κ2) is 4.65. The fourth-order valence-corrected chi connectivity index (χ4v) is 1.09. The second-order valence-corrected chi connectivity index (χ2v) is 2.74. The topological polar surface area (TPSA) is 69.4 Å². The zero-order valence-electron chi connectivity index (χ0n) is 8.20. The quantitative estimate of drug-likeness (QED) is 0.453. The fourth-order valence-electron chi connectivity index (χ4n) is 1.09. The number of hydrogen-bond donors (Lipinski definition) is 0. The molecule has 0 saturated carbocycles. The van der Waals surface area contributed by atoms with E-state index < -0.39 is 33.8 Å². The summed E-state index contributed by atoms with van der Waals surface area (Å²) in [5.74, 6) is -4.12. The molecule has 1 aromatic rings. The molecule has 0 fully saturated rings.